The number of nitrogens with zero attached hydrogens (tertiary/aromatic N) is 1. The normalized spacial score (nSPS) is 17.8. The summed E-state index contributed by atoms with van der Waals surface area (Å²) in [5.74, 6) is -1.08. The molecule has 0 radical (unpaired) electrons. The number of halogens is 1. The van der Waals surface area contributed by atoms with Crippen molar-refractivity contribution in [2.45, 2.75) is 31.7 Å². The maximum absolute atomic E-state index is 13.3. The molecule has 1 aliphatic rings. The second-order valence-corrected chi connectivity index (χ2v) is 5.11. The van der Waals surface area contributed by atoms with Gasteiger partial charge in [0.2, 0.25) is 5.91 Å². The van der Waals surface area contributed by atoms with Gasteiger partial charge in [-0.2, -0.15) is 0 Å². The van der Waals surface area contributed by atoms with Crippen LogP contribution in [-0.2, 0) is 16.0 Å². The number of amides is 1. The molecule has 1 aromatic carbocycles. The minimum Gasteiger partial charge on any atom is -0.496 e. The van der Waals surface area contributed by atoms with E-state index < -0.39 is 11.8 Å². The molecule has 21 heavy (non-hydrogen) atoms. The largest absolute Gasteiger partial charge is 0.496 e. The van der Waals surface area contributed by atoms with E-state index in [9.17, 15) is 14.0 Å². The van der Waals surface area contributed by atoms with Crippen molar-refractivity contribution in [1.82, 2.24) is 4.90 Å². The first-order valence-corrected chi connectivity index (χ1v) is 6.85. The van der Waals surface area contributed by atoms with E-state index >= 15 is 0 Å². The van der Waals surface area contributed by atoms with Gasteiger partial charge in [-0.05, 0) is 31.0 Å². The summed E-state index contributed by atoms with van der Waals surface area (Å²) >= 11 is 0. The zero-order chi connectivity index (χ0) is 15.4. The lowest BCUT2D eigenvalue weighted by atomic mass is 10.1. The molecule has 0 aromatic heterocycles. The average molecular weight is 295 g/mol. The third kappa shape index (κ3) is 3.71. The molecule has 1 unspecified atom stereocenters. The monoisotopic (exact) mass is 295 g/mol. The van der Waals surface area contributed by atoms with Crippen LogP contribution >= 0.6 is 0 Å². The van der Waals surface area contributed by atoms with E-state index in [1.807, 2.05) is 0 Å². The van der Waals surface area contributed by atoms with Crippen LogP contribution in [0, 0.1) is 5.82 Å². The van der Waals surface area contributed by atoms with Crippen LogP contribution in [0.4, 0.5) is 4.39 Å². The van der Waals surface area contributed by atoms with E-state index in [1.54, 1.807) is 4.90 Å². The number of carbonyl (C=O) groups is 2. The van der Waals surface area contributed by atoms with Gasteiger partial charge in [0.1, 0.15) is 11.6 Å². The van der Waals surface area contributed by atoms with Crippen molar-refractivity contribution in [1.29, 1.82) is 0 Å². The van der Waals surface area contributed by atoms with Crippen LogP contribution in [0.1, 0.15) is 24.8 Å². The van der Waals surface area contributed by atoms with Gasteiger partial charge < -0.3 is 14.7 Å². The molecule has 1 heterocycles. The lowest BCUT2D eigenvalue weighted by Gasteiger charge is -2.24. The Bertz CT molecular complexity index is 546. The number of rotatable bonds is 5. The van der Waals surface area contributed by atoms with Crippen LogP contribution in [0.15, 0.2) is 18.2 Å². The smallest absolute Gasteiger partial charge is 0.305 e. The van der Waals surface area contributed by atoms with E-state index in [4.69, 9.17) is 9.84 Å². The fraction of sp³-hybridized carbons (Fsp3) is 0.467. The molecule has 6 heteroatoms. The minimum atomic E-state index is -0.914. The Labute approximate surface area is 122 Å². The Hall–Kier alpha value is -2.11. The number of likely N-dealkylation sites (tertiary alicyclic amines) is 1. The summed E-state index contributed by atoms with van der Waals surface area (Å²) in [7, 11) is 1.46. The highest BCUT2D eigenvalue weighted by Gasteiger charge is 2.30. The van der Waals surface area contributed by atoms with Gasteiger partial charge in [-0.1, -0.05) is 0 Å². The second kappa shape index (κ2) is 6.56. The number of methoxy groups -OCH3 is 1. The van der Waals surface area contributed by atoms with Gasteiger partial charge in [0.25, 0.3) is 0 Å². The lowest BCUT2D eigenvalue weighted by Crippen LogP contribution is -2.37. The lowest BCUT2D eigenvalue weighted by molar-refractivity contribution is -0.139. The summed E-state index contributed by atoms with van der Waals surface area (Å²) in [6.07, 6.45) is 1.45. The van der Waals surface area contributed by atoms with E-state index in [0.29, 0.717) is 24.3 Å². The molecule has 0 saturated carbocycles. The third-order valence-electron chi connectivity index (χ3n) is 3.69. The first kappa shape index (κ1) is 15.3. The highest BCUT2D eigenvalue weighted by atomic mass is 19.1. The van der Waals surface area contributed by atoms with Gasteiger partial charge in [0.05, 0.1) is 20.0 Å². The number of carboxylic acid groups (broad SMARTS) is 1. The van der Waals surface area contributed by atoms with Crippen LogP contribution in [0.25, 0.3) is 0 Å². The number of aliphatic carboxylic acids is 1. The van der Waals surface area contributed by atoms with E-state index in [1.165, 1.54) is 25.3 Å². The molecule has 1 saturated heterocycles. The fourth-order valence-electron chi connectivity index (χ4n) is 2.73. The van der Waals surface area contributed by atoms with E-state index in [0.717, 1.165) is 6.42 Å². The van der Waals surface area contributed by atoms with Crippen LogP contribution in [-0.4, -0.2) is 41.6 Å². The molecule has 2 rings (SSSR count). The van der Waals surface area contributed by atoms with E-state index in [2.05, 4.69) is 0 Å². The highest BCUT2D eigenvalue weighted by Crippen LogP contribution is 2.24. The van der Waals surface area contributed by atoms with Crippen molar-refractivity contribution in [2.24, 2.45) is 0 Å². The number of carbonyl (C=O) groups excluding carboxylic acids is 1. The molecular weight excluding hydrogens is 277 g/mol. The van der Waals surface area contributed by atoms with Gasteiger partial charge in [-0.15, -0.1) is 0 Å². The van der Waals surface area contributed by atoms with Gasteiger partial charge in [-0.25, -0.2) is 4.39 Å². The quantitative estimate of drug-likeness (QED) is 0.900. The number of carboxylic acids is 1. The fourth-order valence-corrected chi connectivity index (χ4v) is 2.73. The number of hydrogen-bond acceptors (Lipinski definition) is 3. The molecule has 1 fully saturated rings. The summed E-state index contributed by atoms with van der Waals surface area (Å²) in [6.45, 7) is 0.550. The second-order valence-electron chi connectivity index (χ2n) is 5.11. The summed E-state index contributed by atoms with van der Waals surface area (Å²) < 4.78 is 18.4. The van der Waals surface area contributed by atoms with Crippen LogP contribution in [0.3, 0.4) is 0 Å². The van der Waals surface area contributed by atoms with Crippen molar-refractivity contribution < 1.29 is 23.8 Å². The maximum atomic E-state index is 13.3. The van der Waals surface area contributed by atoms with Gasteiger partial charge >= 0.3 is 5.97 Å². The molecule has 1 amide bonds. The van der Waals surface area contributed by atoms with Crippen molar-refractivity contribution in [2.75, 3.05) is 13.7 Å². The molecule has 114 valence electrons. The number of benzene rings is 1. The molecule has 0 bridgehead atoms. The average Bonchev–Trinajstić information content (AvgIpc) is 2.86. The topological polar surface area (TPSA) is 66.8 Å². The molecule has 1 aromatic rings. The number of hydrogen-bond donors (Lipinski definition) is 1. The SMILES string of the molecule is COc1ccc(F)cc1CC(=O)N1CCCC1CC(=O)O. The molecule has 1 aliphatic heterocycles. The molecule has 0 spiro atoms. The Morgan fingerprint density at radius 2 is 2.24 bits per heavy atom. The van der Waals surface area contributed by atoms with Crippen LogP contribution in [0.5, 0.6) is 5.75 Å². The van der Waals surface area contributed by atoms with Gasteiger partial charge in [0.15, 0.2) is 0 Å². The predicted molar refractivity (Wildman–Crippen MR) is 73.6 cm³/mol. The minimum absolute atomic E-state index is 0.0110. The van der Waals surface area contributed by atoms with Gasteiger partial charge in [0, 0.05) is 18.2 Å². The first-order chi connectivity index (χ1) is 10.0. The third-order valence-corrected chi connectivity index (χ3v) is 3.69. The zero-order valence-corrected chi connectivity index (χ0v) is 11.8. The van der Waals surface area contributed by atoms with Crippen LogP contribution in [0.2, 0.25) is 0 Å². The standard InChI is InChI=1S/C15H18FNO4/c1-21-13-5-4-11(16)7-10(13)8-14(18)17-6-2-3-12(17)9-15(19)20/h4-5,7,12H,2-3,6,8-9H2,1H3,(H,19,20). The zero-order valence-electron chi connectivity index (χ0n) is 11.8. The molecule has 1 N–H and O–H groups in total. The highest BCUT2D eigenvalue weighted by molar-refractivity contribution is 5.81. The Balaban J connectivity index is 2.10. The summed E-state index contributed by atoms with van der Waals surface area (Å²) in [4.78, 5) is 24.7. The van der Waals surface area contributed by atoms with Crippen molar-refractivity contribution in [3.8, 4) is 5.75 Å². The molecule has 5 nitrogen and oxygen atoms in total. The van der Waals surface area contributed by atoms with Crippen molar-refractivity contribution in [3.63, 3.8) is 0 Å². The molecular formula is C15H18FNO4. The predicted octanol–water partition coefficient (Wildman–Crippen LogP) is 1.84. The van der Waals surface area contributed by atoms with E-state index in [-0.39, 0.29) is 24.8 Å². The summed E-state index contributed by atoms with van der Waals surface area (Å²) in [5.41, 5.74) is 0.475. The number of ether oxygens (including phenoxy) is 1. The van der Waals surface area contributed by atoms with Crippen LogP contribution < -0.4 is 4.74 Å². The summed E-state index contributed by atoms with van der Waals surface area (Å²) in [5, 5.41) is 8.87. The molecule has 1 atom stereocenters. The van der Waals surface area contributed by atoms with Gasteiger partial charge in [-0.3, -0.25) is 9.59 Å². The Morgan fingerprint density at radius 1 is 1.48 bits per heavy atom. The Kier molecular flexibility index (Phi) is 4.77. The first-order valence-electron chi connectivity index (χ1n) is 6.85. The molecule has 0 aliphatic carbocycles. The maximum Gasteiger partial charge on any atom is 0.305 e. The van der Waals surface area contributed by atoms with Crippen molar-refractivity contribution >= 4 is 11.9 Å². The van der Waals surface area contributed by atoms with Crippen molar-refractivity contribution in [3.05, 3.63) is 29.6 Å². The Morgan fingerprint density at radius 3 is 2.90 bits per heavy atom. The summed E-state index contributed by atoms with van der Waals surface area (Å²) in [6, 6.07) is 3.76.